The molecule has 1 heterocycles. The molecule has 2 rings (SSSR count). The first-order chi connectivity index (χ1) is 9.58. The van der Waals surface area contributed by atoms with Crippen LogP contribution in [0.1, 0.15) is 5.56 Å². The molecule has 0 radical (unpaired) electrons. The molecule has 0 saturated carbocycles. The highest BCUT2D eigenvalue weighted by molar-refractivity contribution is 9.10. The standard InChI is InChI=1S/C15H23BrN2O2/c1-17(2)10-13-11-18(6-7-20-13)9-12-4-5-15(19-3)14(16)8-12/h4-5,8,13H,6-7,9-11H2,1-3H3/t13-/m0/s1. The van der Waals surface area contributed by atoms with Gasteiger partial charge in [0.15, 0.2) is 0 Å². The summed E-state index contributed by atoms with van der Waals surface area (Å²) in [6.45, 7) is 4.73. The van der Waals surface area contributed by atoms with Crippen LogP contribution >= 0.6 is 15.9 Å². The minimum Gasteiger partial charge on any atom is -0.496 e. The van der Waals surface area contributed by atoms with Gasteiger partial charge in [-0.15, -0.1) is 0 Å². The maximum Gasteiger partial charge on any atom is 0.133 e. The molecule has 4 nitrogen and oxygen atoms in total. The fraction of sp³-hybridized carbons (Fsp3) is 0.600. The third-order valence-electron chi connectivity index (χ3n) is 3.41. The van der Waals surface area contributed by atoms with Crippen molar-refractivity contribution in [2.45, 2.75) is 12.6 Å². The van der Waals surface area contributed by atoms with Crippen LogP contribution in [0, 0.1) is 0 Å². The zero-order valence-electron chi connectivity index (χ0n) is 12.4. The van der Waals surface area contributed by atoms with Crippen LogP contribution in [0.5, 0.6) is 5.75 Å². The maximum absolute atomic E-state index is 5.80. The zero-order valence-corrected chi connectivity index (χ0v) is 14.0. The molecular formula is C15H23BrN2O2. The summed E-state index contributed by atoms with van der Waals surface area (Å²) >= 11 is 3.54. The highest BCUT2D eigenvalue weighted by Crippen LogP contribution is 2.26. The lowest BCUT2D eigenvalue weighted by molar-refractivity contribution is -0.0406. The van der Waals surface area contributed by atoms with E-state index in [-0.39, 0.29) is 0 Å². The van der Waals surface area contributed by atoms with E-state index in [9.17, 15) is 0 Å². The summed E-state index contributed by atoms with van der Waals surface area (Å²) in [4.78, 5) is 4.63. The molecule has 0 bridgehead atoms. The Kier molecular flexibility index (Phi) is 5.84. The summed E-state index contributed by atoms with van der Waals surface area (Å²) in [6, 6.07) is 6.27. The Bertz CT molecular complexity index is 440. The first-order valence-electron chi connectivity index (χ1n) is 6.89. The molecule has 20 heavy (non-hydrogen) atoms. The molecule has 5 heteroatoms. The smallest absolute Gasteiger partial charge is 0.133 e. The highest BCUT2D eigenvalue weighted by atomic mass is 79.9. The van der Waals surface area contributed by atoms with Crippen LogP contribution in [0.3, 0.4) is 0 Å². The van der Waals surface area contributed by atoms with Crippen LogP contribution in [0.4, 0.5) is 0 Å². The number of methoxy groups -OCH3 is 1. The molecule has 0 unspecified atom stereocenters. The first-order valence-corrected chi connectivity index (χ1v) is 7.69. The zero-order chi connectivity index (χ0) is 14.5. The summed E-state index contributed by atoms with van der Waals surface area (Å²) in [7, 11) is 5.86. The monoisotopic (exact) mass is 342 g/mol. The van der Waals surface area contributed by atoms with E-state index < -0.39 is 0 Å². The fourth-order valence-electron chi connectivity index (χ4n) is 2.51. The lowest BCUT2D eigenvalue weighted by atomic mass is 10.1. The van der Waals surface area contributed by atoms with Crippen molar-refractivity contribution in [2.24, 2.45) is 0 Å². The van der Waals surface area contributed by atoms with Gasteiger partial charge in [0, 0.05) is 26.2 Å². The van der Waals surface area contributed by atoms with E-state index in [1.54, 1.807) is 7.11 Å². The van der Waals surface area contributed by atoms with Crippen molar-refractivity contribution in [3.05, 3.63) is 28.2 Å². The van der Waals surface area contributed by atoms with Gasteiger partial charge in [-0.2, -0.15) is 0 Å². The largest absolute Gasteiger partial charge is 0.496 e. The Morgan fingerprint density at radius 1 is 1.45 bits per heavy atom. The second kappa shape index (κ2) is 7.41. The topological polar surface area (TPSA) is 24.9 Å². The summed E-state index contributed by atoms with van der Waals surface area (Å²) in [5.74, 6) is 0.876. The minimum atomic E-state index is 0.306. The normalized spacial score (nSPS) is 20.4. The molecule has 1 aromatic carbocycles. The highest BCUT2D eigenvalue weighted by Gasteiger charge is 2.21. The van der Waals surface area contributed by atoms with Crippen molar-refractivity contribution in [1.82, 2.24) is 9.80 Å². The number of likely N-dealkylation sites (N-methyl/N-ethyl adjacent to an activating group) is 1. The quantitative estimate of drug-likeness (QED) is 0.819. The average molecular weight is 343 g/mol. The van der Waals surface area contributed by atoms with E-state index in [2.05, 4.69) is 52.0 Å². The summed E-state index contributed by atoms with van der Waals surface area (Å²) in [6.07, 6.45) is 0.306. The van der Waals surface area contributed by atoms with Crippen LogP contribution in [0.15, 0.2) is 22.7 Å². The summed E-state index contributed by atoms with van der Waals surface area (Å²) in [5, 5.41) is 0. The Balaban J connectivity index is 1.93. The molecule has 1 fully saturated rings. The Morgan fingerprint density at radius 3 is 2.90 bits per heavy atom. The minimum absolute atomic E-state index is 0.306. The van der Waals surface area contributed by atoms with E-state index in [1.807, 2.05) is 6.07 Å². The third-order valence-corrected chi connectivity index (χ3v) is 4.03. The van der Waals surface area contributed by atoms with Crippen LogP contribution in [-0.2, 0) is 11.3 Å². The SMILES string of the molecule is COc1ccc(CN2CCO[C@@H](CN(C)C)C2)cc1Br. The number of rotatable bonds is 5. The molecule has 1 aliphatic rings. The van der Waals surface area contributed by atoms with E-state index in [0.29, 0.717) is 6.10 Å². The Morgan fingerprint density at radius 2 is 2.25 bits per heavy atom. The van der Waals surface area contributed by atoms with Crippen molar-refractivity contribution < 1.29 is 9.47 Å². The molecule has 0 aromatic heterocycles. The second-order valence-corrected chi connectivity index (χ2v) is 6.31. The van der Waals surface area contributed by atoms with Gasteiger partial charge in [-0.25, -0.2) is 0 Å². The van der Waals surface area contributed by atoms with Gasteiger partial charge in [0.1, 0.15) is 5.75 Å². The number of hydrogen-bond acceptors (Lipinski definition) is 4. The van der Waals surface area contributed by atoms with Gasteiger partial charge >= 0.3 is 0 Å². The molecule has 1 saturated heterocycles. The van der Waals surface area contributed by atoms with Crippen molar-refractivity contribution in [3.63, 3.8) is 0 Å². The van der Waals surface area contributed by atoms with E-state index in [0.717, 1.165) is 43.0 Å². The fourth-order valence-corrected chi connectivity index (χ4v) is 3.10. The van der Waals surface area contributed by atoms with Crippen molar-refractivity contribution >= 4 is 15.9 Å². The lowest BCUT2D eigenvalue weighted by Crippen LogP contribution is -2.45. The third kappa shape index (κ3) is 4.45. The molecular weight excluding hydrogens is 320 g/mol. The Labute approximate surface area is 129 Å². The Hall–Kier alpha value is -0.620. The number of benzene rings is 1. The number of nitrogens with zero attached hydrogens (tertiary/aromatic N) is 2. The number of hydrogen-bond donors (Lipinski definition) is 0. The second-order valence-electron chi connectivity index (χ2n) is 5.46. The van der Waals surface area contributed by atoms with Crippen LogP contribution in [-0.4, -0.2) is 63.4 Å². The lowest BCUT2D eigenvalue weighted by Gasteiger charge is -2.34. The van der Waals surface area contributed by atoms with E-state index in [1.165, 1.54) is 5.56 Å². The molecule has 112 valence electrons. The van der Waals surface area contributed by atoms with Gasteiger partial charge in [-0.3, -0.25) is 4.90 Å². The van der Waals surface area contributed by atoms with Crippen molar-refractivity contribution in [2.75, 3.05) is 47.4 Å². The van der Waals surface area contributed by atoms with Gasteiger partial charge in [-0.05, 0) is 47.7 Å². The molecule has 0 aliphatic carbocycles. The molecule has 1 atom stereocenters. The molecule has 0 amide bonds. The van der Waals surface area contributed by atoms with Crippen molar-refractivity contribution in [1.29, 1.82) is 0 Å². The summed E-state index contributed by atoms with van der Waals surface area (Å²) < 4.78 is 12.1. The molecule has 1 aliphatic heterocycles. The van der Waals surface area contributed by atoms with Crippen LogP contribution in [0.2, 0.25) is 0 Å². The number of morpholine rings is 1. The predicted octanol–water partition coefficient (Wildman–Crippen LogP) is 2.22. The number of ether oxygens (including phenoxy) is 2. The summed E-state index contributed by atoms with van der Waals surface area (Å²) in [5.41, 5.74) is 1.29. The van der Waals surface area contributed by atoms with E-state index >= 15 is 0 Å². The molecule has 0 N–H and O–H groups in total. The van der Waals surface area contributed by atoms with Crippen LogP contribution in [0.25, 0.3) is 0 Å². The molecule has 0 spiro atoms. The van der Waals surface area contributed by atoms with Gasteiger partial charge in [-0.1, -0.05) is 6.07 Å². The first kappa shape index (κ1) is 15.8. The van der Waals surface area contributed by atoms with Gasteiger partial charge in [0.2, 0.25) is 0 Å². The predicted molar refractivity (Wildman–Crippen MR) is 84.3 cm³/mol. The average Bonchev–Trinajstić information content (AvgIpc) is 2.38. The van der Waals surface area contributed by atoms with Gasteiger partial charge in [0.25, 0.3) is 0 Å². The van der Waals surface area contributed by atoms with Crippen LogP contribution < -0.4 is 4.74 Å². The van der Waals surface area contributed by atoms with Gasteiger partial charge in [0.05, 0.1) is 24.3 Å². The molecule has 1 aromatic rings. The van der Waals surface area contributed by atoms with E-state index in [4.69, 9.17) is 9.47 Å². The van der Waals surface area contributed by atoms with Crippen molar-refractivity contribution in [3.8, 4) is 5.75 Å². The van der Waals surface area contributed by atoms with Gasteiger partial charge < -0.3 is 14.4 Å². The maximum atomic E-state index is 5.80. The number of halogens is 1.